The Morgan fingerprint density at radius 2 is 2.11 bits per heavy atom. The van der Waals surface area contributed by atoms with Crippen LogP contribution in [0.3, 0.4) is 0 Å². The Hall–Kier alpha value is -1.71. The summed E-state index contributed by atoms with van der Waals surface area (Å²) in [7, 11) is 1.63. The Labute approximate surface area is 109 Å². The summed E-state index contributed by atoms with van der Waals surface area (Å²) in [5, 5.41) is 2.63. The van der Waals surface area contributed by atoms with Crippen molar-refractivity contribution >= 4 is 17.3 Å². The van der Waals surface area contributed by atoms with Gasteiger partial charge in [-0.1, -0.05) is 6.92 Å². The number of amides is 1. The highest BCUT2D eigenvalue weighted by Gasteiger charge is 2.15. The van der Waals surface area contributed by atoms with E-state index in [1.165, 1.54) is 0 Å². The van der Waals surface area contributed by atoms with Crippen molar-refractivity contribution in [2.24, 2.45) is 0 Å². The molecule has 1 amide bonds. The molecule has 1 rings (SSSR count). The molecule has 100 valence electrons. The molecule has 0 radical (unpaired) electrons. The lowest BCUT2D eigenvalue weighted by Crippen LogP contribution is -2.33. The number of carbonyl (C=O) groups excluding carboxylic acids is 1. The van der Waals surface area contributed by atoms with E-state index in [0.29, 0.717) is 17.3 Å². The van der Waals surface area contributed by atoms with Gasteiger partial charge in [-0.25, -0.2) is 0 Å². The second-order valence-corrected chi connectivity index (χ2v) is 4.40. The minimum Gasteiger partial charge on any atom is -0.397 e. The highest BCUT2D eigenvalue weighted by molar-refractivity contribution is 5.96. The minimum atomic E-state index is -0.0866. The first-order valence-electron chi connectivity index (χ1n) is 6.43. The van der Waals surface area contributed by atoms with Crippen LogP contribution >= 0.6 is 0 Å². The number of nitrogens with one attached hydrogen (secondary N) is 1. The number of rotatable bonds is 5. The van der Waals surface area contributed by atoms with Gasteiger partial charge in [0.2, 0.25) is 0 Å². The zero-order valence-corrected chi connectivity index (χ0v) is 11.7. The van der Waals surface area contributed by atoms with Crippen LogP contribution in [0.1, 0.15) is 37.6 Å². The van der Waals surface area contributed by atoms with Crippen LogP contribution in [0.25, 0.3) is 0 Å². The van der Waals surface area contributed by atoms with Gasteiger partial charge in [0.05, 0.1) is 11.4 Å². The summed E-state index contributed by atoms with van der Waals surface area (Å²) < 4.78 is 0. The molecule has 1 atom stereocenters. The van der Waals surface area contributed by atoms with E-state index in [-0.39, 0.29) is 5.91 Å². The second-order valence-electron chi connectivity index (χ2n) is 4.40. The van der Waals surface area contributed by atoms with E-state index >= 15 is 0 Å². The van der Waals surface area contributed by atoms with Crippen molar-refractivity contribution in [1.29, 1.82) is 0 Å². The van der Waals surface area contributed by atoms with Crippen LogP contribution in [0.4, 0.5) is 11.4 Å². The molecule has 0 aliphatic rings. The zero-order valence-electron chi connectivity index (χ0n) is 11.7. The molecular weight excluding hydrogens is 226 g/mol. The van der Waals surface area contributed by atoms with Gasteiger partial charge in [-0.2, -0.15) is 0 Å². The number of nitrogens with two attached hydrogens (primary N) is 1. The first-order valence-corrected chi connectivity index (χ1v) is 6.43. The molecule has 0 saturated heterocycles. The first-order chi connectivity index (χ1) is 8.54. The Morgan fingerprint density at radius 1 is 1.44 bits per heavy atom. The number of benzene rings is 1. The van der Waals surface area contributed by atoms with Crippen LogP contribution in [0.2, 0.25) is 0 Å². The average Bonchev–Trinajstić information content (AvgIpc) is 2.40. The monoisotopic (exact) mass is 249 g/mol. The molecule has 0 fully saturated rings. The quantitative estimate of drug-likeness (QED) is 0.787. The molecule has 0 aliphatic heterocycles. The van der Waals surface area contributed by atoms with Gasteiger partial charge in [-0.05, 0) is 38.5 Å². The summed E-state index contributed by atoms with van der Waals surface area (Å²) in [5.74, 6) is -0.0866. The van der Waals surface area contributed by atoms with Gasteiger partial charge in [0, 0.05) is 25.2 Å². The van der Waals surface area contributed by atoms with Crippen molar-refractivity contribution in [3.05, 3.63) is 23.8 Å². The van der Waals surface area contributed by atoms with Crippen LogP contribution in [0, 0.1) is 0 Å². The highest BCUT2D eigenvalue weighted by Crippen LogP contribution is 2.27. The van der Waals surface area contributed by atoms with Crippen molar-refractivity contribution < 1.29 is 4.79 Å². The Kier molecular flexibility index (Phi) is 5.01. The first kappa shape index (κ1) is 14.4. The van der Waals surface area contributed by atoms with Gasteiger partial charge in [-0.15, -0.1) is 0 Å². The summed E-state index contributed by atoms with van der Waals surface area (Å²) in [6, 6.07) is 5.81. The summed E-state index contributed by atoms with van der Waals surface area (Å²) >= 11 is 0. The SMILES string of the molecule is CCC(C)N(CC)c1cc(C(=O)NC)ccc1N. The number of nitrogen functional groups attached to an aromatic ring is 1. The van der Waals surface area contributed by atoms with Gasteiger partial charge in [0.15, 0.2) is 0 Å². The maximum Gasteiger partial charge on any atom is 0.251 e. The van der Waals surface area contributed by atoms with Crippen LogP contribution in [0.5, 0.6) is 0 Å². The number of carbonyl (C=O) groups is 1. The largest absolute Gasteiger partial charge is 0.397 e. The van der Waals surface area contributed by atoms with E-state index in [4.69, 9.17) is 5.73 Å². The van der Waals surface area contributed by atoms with Crippen molar-refractivity contribution in [2.75, 3.05) is 24.2 Å². The number of hydrogen-bond donors (Lipinski definition) is 2. The van der Waals surface area contributed by atoms with Crippen LogP contribution in [-0.4, -0.2) is 25.5 Å². The Bertz CT molecular complexity index is 418. The molecule has 0 aliphatic carbocycles. The Morgan fingerprint density at radius 3 is 2.61 bits per heavy atom. The van der Waals surface area contributed by atoms with Crippen molar-refractivity contribution in [3.8, 4) is 0 Å². The molecule has 4 heteroatoms. The lowest BCUT2D eigenvalue weighted by molar-refractivity contribution is 0.0963. The van der Waals surface area contributed by atoms with Crippen LogP contribution < -0.4 is 16.0 Å². The second kappa shape index (κ2) is 6.28. The number of hydrogen-bond acceptors (Lipinski definition) is 3. The summed E-state index contributed by atoms with van der Waals surface area (Å²) in [6.45, 7) is 7.27. The molecule has 1 aromatic carbocycles. The molecule has 1 unspecified atom stereocenters. The maximum absolute atomic E-state index is 11.7. The molecule has 0 bridgehead atoms. The van der Waals surface area contributed by atoms with Crippen LogP contribution in [0.15, 0.2) is 18.2 Å². The molecule has 4 nitrogen and oxygen atoms in total. The standard InChI is InChI=1S/C14H23N3O/c1-5-10(3)17(6-2)13-9-11(14(18)16-4)7-8-12(13)15/h7-10H,5-6,15H2,1-4H3,(H,16,18). The van der Waals surface area contributed by atoms with Crippen LogP contribution in [-0.2, 0) is 0 Å². The molecule has 0 saturated carbocycles. The maximum atomic E-state index is 11.7. The predicted molar refractivity (Wildman–Crippen MR) is 77.0 cm³/mol. The summed E-state index contributed by atoms with van der Waals surface area (Å²) in [5.41, 5.74) is 8.32. The fraction of sp³-hybridized carbons (Fsp3) is 0.500. The van der Waals surface area contributed by atoms with E-state index in [2.05, 4.69) is 31.0 Å². The third-order valence-electron chi connectivity index (χ3n) is 3.29. The normalized spacial score (nSPS) is 12.0. The lowest BCUT2D eigenvalue weighted by Gasteiger charge is -2.30. The fourth-order valence-electron chi connectivity index (χ4n) is 2.02. The molecule has 0 spiro atoms. The third kappa shape index (κ3) is 2.94. The van der Waals surface area contributed by atoms with Crippen molar-refractivity contribution in [1.82, 2.24) is 5.32 Å². The van der Waals surface area contributed by atoms with E-state index in [0.717, 1.165) is 18.7 Å². The minimum absolute atomic E-state index is 0.0866. The summed E-state index contributed by atoms with van der Waals surface area (Å²) in [6.07, 6.45) is 1.04. The Balaban J connectivity index is 3.16. The molecule has 1 aromatic rings. The molecular formula is C14H23N3O. The van der Waals surface area contributed by atoms with Gasteiger partial charge < -0.3 is 16.0 Å². The zero-order chi connectivity index (χ0) is 13.7. The van der Waals surface area contributed by atoms with Gasteiger partial charge >= 0.3 is 0 Å². The number of anilines is 2. The molecule has 0 heterocycles. The molecule has 0 aromatic heterocycles. The smallest absolute Gasteiger partial charge is 0.251 e. The lowest BCUT2D eigenvalue weighted by atomic mass is 10.1. The third-order valence-corrected chi connectivity index (χ3v) is 3.29. The van der Waals surface area contributed by atoms with E-state index in [9.17, 15) is 4.79 Å². The van der Waals surface area contributed by atoms with E-state index < -0.39 is 0 Å². The van der Waals surface area contributed by atoms with Gasteiger partial charge in [0.1, 0.15) is 0 Å². The van der Waals surface area contributed by atoms with E-state index in [1.807, 2.05) is 6.07 Å². The topological polar surface area (TPSA) is 58.4 Å². The number of nitrogens with zero attached hydrogens (tertiary/aromatic N) is 1. The van der Waals surface area contributed by atoms with E-state index in [1.54, 1.807) is 19.2 Å². The van der Waals surface area contributed by atoms with Gasteiger partial charge in [0.25, 0.3) is 5.91 Å². The average molecular weight is 249 g/mol. The fourth-order valence-corrected chi connectivity index (χ4v) is 2.02. The van der Waals surface area contributed by atoms with Crippen molar-refractivity contribution in [3.63, 3.8) is 0 Å². The highest BCUT2D eigenvalue weighted by atomic mass is 16.1. The predicted octanol–water partition coefficient (Wildman–Crippen LogP) is 2.25. The van der Waals surface area contributed by atoms with Gasteiger partial charge in [-0.3, -0.25) is 4.79 Å². The molecule has 3 N–H and O–H groups in total. The van der Waals surface area contributed by atoms with Crippen molar-refractivity contribution in [2.45, 2.75) is 33.2 Å². The summed E-state index contributed by atoms with van der Waals surface area (Å²) in [4.78, 5) is 13.9. The molecule has 18 heavy (non-hydrogen) atoms.